The van der Waals surface area contributed by atoms with Gasteiger partial charge in [0, 0.05) is 24.9 Å². The summed E-state index contributed by atoms with van der Waals surface area (Å²) in [6, 6.07) is -0.679. The highest BCUT2D eigenvalue weighted by atomic mass is 32.2. The van der Waals surface area contributed by atoms with Gasteiger partial charge in [-0.15, -0.1) is 11.8 Å². The molecule has 140 valence electrons. The van der Waals surface area contributed by atoms with Crippen LogP contribution in [0.25, 0.3) is 0 Å². The molecule has 3 saturated heterocycles. The number of carbonyl (C=O) groups excluding carboxylic acids is 3. The van der Waals surface area contributed by atoms with Crippen molar-refractivity contribution in [1.82, 2.24) is 15.5 Å². The Morgan fingerprint density at radius 1 is 1.40 bits per heavy atom. The Kier molecular flexibility index (Phi) is 4.79. The molecule has 3 rings (SSSR count). The summed E-state index contributed by atoms with van der Waals surface area (Å²) in [7, 11) is 1.59. The lowest BCUT2D eigenvalue weighted by atomic mass is 9.66. The number of amides is 3. The van der Waals surface area contributed by atoms with E-state index >= 15 is 0 Å². The Hall–Kier alpha value is -1.28. The summed E-state index contributed by atoms with van der Waals surface area (Å²) in [5.41, 5.74) is 0. The fourth-order valence-electron chi connectivity index (χ4n) is 5.00. The second-order valence-corrected chi connectivity index (χ2v) is 9.13. The molecule has 0 saturated carbocycles. The molecule has 1 spiro atoms. The highest BCUT2D eigenvalue weighted by Gasteiger charge is 2.75. The lowest BCUT2D eigenvalue weighted by molar-refractivity contribution is -0.140. The summed E-state index contributed by atoms with van der Waals surface area (Å²) in [5, 5.41) is 15.1. The Morgan fingerprint density at radius 2 is 2.08 bits per heavy atom. The first-order valence-electron chi connectivity index (χ1n) is 8.90. The lowest BCUT2D eigenvalue weighted by Gasteiger charge is -2.38. The van der Waals surface area contributed by atoms with E-state index in [1.54, 1.807) is 18.8 Å². The third kappa shape index (κ3) is 2.48. The number of aliphatic hydroxyl groups is 1. The molecule has 3 heterocycles. The number of β-amino-alcohol motifs (C(OH)–C–C–N with tert-alkyl or cyclic N) is 1. The van der Waals surface area contributed by atoms with E-state index in [0.717, 1.165) is 6.42 Å². The zero-order valence-electron chi connectivity index (χ0n) is 15.1. The molecule has 8 heteroatoms. The first-order chi connectivity index (χ1) is 11.8. The van der Waals surface area contributed by atoms with Gasteiger partial charge in [-0.05, 0) is 26.2 Å². The number of hydrogen-bond donors (Lipinski definition) is 3. The van der Waals surface area contributed by atoms with Crippen molar-refractivity contribution >= 4 is 29.5 Å². The SMILES string of the molecule is CNC(=O)[C@@H]1[C@@H]2CC(C)C3(S2)C(C(=O)NC(C)C)N(CCO)C(=O)[C@H]13. The highest BCUT2D eigenvalue weighted by molar-refractivity contribution is 8.02. The maximum Gasteiger partial charge on any atom is 0.244 e. The van der Waals surface area contributed by atoms with E-state index < -0.39 is 22.6 Å². The number of aliphatic hydroxyl groups excluding tert-OH is 1. The highest BCUT2D eigenvalue weighted by Crippen LogP contribution is 2.68. The average Bonchev–Trinajstić information content (AvgIpc) is 3.11. The largest absolute Gasteiger partial charge is 0.395 e. The van der Waals surface area contributed by atoms with Crippen LogP contribution < -0.4 is 10.6 Å². The van der Waals surface area contributed by atoms with Gasteiger partial charge in [0.2, 0.25) is 17.7 Å². The van der Waals surface area contributed by atoms with Crippen molar-refractivity contribution < 1.29 is 19.5 Å². The fourth-order valence-corrected chi connectivity index (χ4v) is 7.42. The fraction of sp³-hybridized carbons (Fsp3) is 0.824. The third-order valence-corrected chi connectivity index (χ3v) is 7.89. The van der Waals surface area contributed by atoms with Crippen molar-refractivity contribution in [2.24, 2.45) is 17.8 Å². The molecule has 3 amide bonds. The van der Waals surface area contributed by atoms with E-state index in [1.807, 2.05) is 13.8 Å². The standard InChI is InChI=1S/C17H27N3O4S/c1-8(2)19-15(23)13-17-9(3)7-10(25-17)11(14(22)18-4)12(17)16(24)20(13)5-6-21/h8-13,21H,5-7H2,1-4H3,(H,18,22)(H,19,23)/t9?,10-,11+,12-,13?,17?/m0/s1. The first kappa shape index (κ1) is 18.5. The van der Waals surface area contributed by atoms with Crippen LogP contribution in [0.4, 0.5) is 0 Å². The van der Waals surface area contributed by atoms with E-state index in [1.165, 1.54) is 4.90 Å². The predicted molar refractivity (Wildman–Crippen MR) is 94.8 cm³/mol. The van der Waals surface area contributed by atoms with Gasteiger partial charge >= 0.3 is 0 Å². The molecule has 2 bridgehead atoms. The molecule has 0 aliphatic carbocycles. The van der Waals surface area contributed by atoms with Crippen LogP contribution in [0.2, 0.25) is 0 Å². The minimum Gasteiger partial charge on any atom is -0.395 e. The molecule has 3 aliphatic heterocycles. The minimum absolute atomic E-state index is 0.0392. The van der Waals surface area contributed by atoms with E-state index in [9.17, 15) is 19.5 Å². The van der Waals surface area contributed by atoms with Gasteiger partial charge < -0.3 is 20.6 Å². The Bertz CT molecular complexity index is 598. The number of carbonyl (C=O) groups is 3. The lowest BCUT2D eigenvalue weighted by Crippen LogP contribution is -2.57. The smallest absolute Gasteiger partial charge is 0.244 e. The summed E-state index contributed by atoms with van der Waals surface area (Å²) < 4.78 is -0.590. The zero-order valence-corrected chi connectivity index (χ0v) is 15.9. The topological polar surface area (TPSA) is 98.7 Å². The van der Waals surface area contributed by atoms with E-state index in [2.05, 4.69) is 17.6 Å². The second kappa shape index (κ2) is 6.46. The quantitative estimate of drug-likeness (QED) is 0.612. The Balaban J connectivity index is 2.06. The Morgan fingerprint density at radius 3 is 2.64 bits per heavy atom. The summed E-state index contributed by atoms with van der Waals surface area (Å²) >= 11 is 1.64. The van der Waals surface area contributed by atoms with Crippen molar-refractivity contribution in [2.75, 3.05) is 20.2 Å². The number of nitrogens with zero attached hydrogens (tertiary/aromatic N) is 1. The summed E-state index contributed by atoms with van der Waals surface area (Å²) in [6.07, 6.45) is 0.824. The van der Waals surface area contributed by atoms with Crippen molar-refractivity contribution in [1.29, 1.82) is 0 Å². The van der Waals surface area contributed by atoms with Gasteiger partial charge in [0.05, 0.1) is 23.2 Å². The van der Waals surface area contributed by atoms with Crippen molar-refractivity contribution in [3.63, 3.8) is 0 Å². The Labute approximate surface area is 152 Å². The van der Waals surface area contributed by atoms with E-state index in [-0.39, 0.29) is 48.1 Å². The monoisotopic (exact) mass is 369 g/mol. The number of rotatable bonds is 5. The molecule has 0 aromatic heterocycles. The molecule has 6 atom stereocenters. The normalized spacial score (nSPS) is 39.0. The zero-order chi connectivity index (χ0) is 18.5. The number of fused-ring (bicyclic) bond motifs is 1. The molecule has 3 N–H and O–H groups in total. The van der Waals surface area contributed by atoms with Gasteiger partial charge in [0.25, 0.3) is 0 Å². The number of likely N-dealkylation sites (tertiary alicyclic amines) is 1. The summed E-state index contributed by atoms with van der Waals surface area (Å²) in [4.78, 5) is 40.2. The molecule has 7 nitrogen and oxygen atoms in total. The molecular weight excluding hydrogens is 342 g/mol. The molecule has 3 fully saturated rings. The predicted octanol–water partition coefficient (Wildman–Crippen LogP) is -0.413. The van der Waals surface area contributed by atoms with E-state index in [0.29, 0.717) is 0 Å². The number of thioether (sulfide) groups is 1. The van der Waals surface area contributed by atoms with Crippen LogP contribution >= 0.6 is 11.8 Å². The molecule has 0 aromatic carbocycles. The number of hydrogen-bond acceptors (Lipinski definition) is 5. The van der Waals surface area contributed by atoms with Crippen LogP contribution in [-0.2, 0) is 14.4 Å². The van der Waals surface area contributed by atoms with Crippen LogP contribution in [0.3, 0.4) is 0 Å². The molecule has 25 heavy (non-hydrogen) atoms. The molecule has 3 aliphatic rings. The van der Waals surface area contributed by atoms with E-state index in [4.69, 9.17) is 0 Å². The van der Waals surface area contributed by atoms with Crippen molar-refractivity contribution in [2.45, 2.75) is 49.3 Å². The van der Waals surface area contributed by atoms with Gasteiger partial charge in [0.1, 0.15) is 6.04 Å². The summed E-state index contributed by atoms with van der Waals surface area (Å²) in [5.74, 6) is -1.23. The second-order valence-electron chi connectivity index (χ2n) is 7.59. The number of nitrogens with one attached hydrogen (secondary N) is 2. The summed E-state index contributed by atoms with van der Waals surface area (Å²) in [6.45, 7) is 5.76. The molecular formula is C17H27N3O4S. The molecule has 0 aromatic rings. The average molecular weight is 369 g/mol. The van der Waals surface area contributed by atoms with Crippen LogP contribution in [0.5, 0.6) is 0 Å². The molecule has 3 unspecified atom stereocenters. The minimum atomic E-state index is -0.640. The third-order valence-electron chi connectivity index (χ3n) is 5.81. The molecule has 0 radical (unpaired) electrons. The van der Waals surface area contributed by atoms with Gasteiger partial charge in [-0.3, -0.25) is 14.4 Å². The van der Waals surface area contributed by atoms with Crippen LogP contribution in [0, 0.1) is 17.8 Å². The van der Waals surface area contributed by atoms with Gasteiger partial charge in [-0.2, -0.15) is 0 Å². The van der Waals surface area contributed by atoms with Crippen LogP contribution in [0.1, 0.15) is 27.2 Å². The first-order valence-corrected chi connectivity index (χ1v) is 9.78. The van der Waals surface area contributed by atoms with Gasteiger partial charge in [-0.1, -0.05) is 6.92 Å². The van der Waals surface area contributed by atoms with Gasteiger partial charge in [-0.25, -0.2) is 0 Å². The van der Waals surface area contributed by atoms with Gasteiger partial charge in [0.15, 0.2) is 0 Å². The maximum atomic E-state index is 13.2. The van der Waals surface area contributed by atoms with Crippen LogP contribution in [0.15, 0.2) is 0 Å². The van der Waals surface area contributed by atoms with Crippen molar-refractivity contribution in [3.8, 4) is 0 Å². The van der Waals surface area contributed by atoms with Crippen LogP contribution in [-0.4, -0.2) is 70.0 Å². The maximum absolute atomic E-state index is 13.2. The van der Waals surface area contributed by atoms with Crippen molar-refractivity contribution in [3.05, 3.63) is 0 Å².